The van der Waals surface area contributed by atoms with E-state index in [9.17, 15) is 4.79 Å². The van der Waals surface area contributed by atoms with Gasteiger partial charge in [0.2, 0.25) is 0 Å². The van der Waals surface area contributed by atoms with Crippen molar-refractivity contribution in [2.45, 2.75) is 13.5 Å². The Hall–Kier alpha value is -1.62. The molecule has 18 heavy (non-hydrogen) atoms. The van der Waals surface area contributed by atoms with Crippen molar-refractivity contribution in [3.63, 3.8) is 0 Å². The van der Waals surface area contributed by atoms with Crippen LogP contribution in [0.1, 0.15) is 21.9 Å². The van der Waals surface area contributed by atoms with Crippen molar-refractivity contribution in [3.8, 4) is 0 Å². The van der Waals surface area contributed by atoms with Gasteiger partial charge in [0, 0.05) is 13.2 Å². The van der Waals surface area contributed by atoms with Crippen molar-refractivity contribution >= 4 is 21.8 Å². The molecule has 0 bridgehead atoms. The van der Waals surface area contributed by atoms with E-state index >= 15 is 0 Å². The first-order valence-electron chi connectivity index (χ1n) is 5.49. The predicted molar refractivity (Wildman–Crippen MR) is 71.2 cm³/mol. The van der Waals surface area contributed by atoms with E-state index in [0.717, 1.165) is 11.5 Å². The summed E-state index contributed by atoms with van der Waals surface area (Å²) < 4.78 is 6.00. The molecule has 0 saturated carbocycles. The van der Waals surface area contributed by atoms with E-state index in [1.807, 2.05) is 19.1 Å². The third kappa shape index (κ3) is 2.79. The van der Waals surface area contributed by atoms with E-state index < -0.39 is 0 Å². The summed E-state index contributed by atoms with van der Waals surface area (Å²) in [5, 5.41) is 0. The van der Waals surface area contributed by atoms with E-state index in [4.69, 9.17) is 4.42 Å². The lowest BCUT2D eigenvalue weighted by Crippen LogP contribution is -2.26. The molecule has 1 amide bonds. The van der Waals surface area contributed by atoms with Gasteiger partial charge in [-0.3, -0.25) is 4.79 Å². The van der Waals surface area contributed by atoms with Crippen molar-refractivity contribution in [1.29, 1.82) is 0 Å². The Balaban J connectivity index is 2.12. The van der Waals surface area contributed by atoms with Gasteiger partial charge in [0.05, 0.1) is 12.1 Å². The maximum Gasteiger partial charge on any atom is 0.256 e. The second-order valence-corrected chi connectivity index (χ2v) is 4.77. The Labute approximate surface area is 114 Å². The minimum absolute atomic E-state index is 0.0935. The summed E-state index contributed by atoms with van der Waals surface area (Å²) in [7, 11) is 1.74. The number of halogens is 1. The van der Waals surface area contributed by atoms with Gasteiger partial charge >= 0.3 is 0 Å². The number of rotatable bonds is 3. The van der Waals surface area contributed by atoms with Gasteiger partial charge in [0.15, 0.2) is 0 Å². The van der Waals surface area contributed by atoms with Crippen LogP contribution in [-0.4, -0.2) is 22.8 Å². The SMILES string of the molecule is Cc1ccc(CN(C)C(=O)c2cccnc2Br)o1. The zero-order valence-electron chi connectivity index (χ0n) is 10.2. The maximum atomic E-state index is 12.2. The first-order chi connectivity index (χ1) is 8.58. The number of nitrogens with zero attached hydrogens (tertiary/aromatic N) is 2. The molecule has 0 saturated heterocycles. The average Bonchev–Trinajstić information content (AvgIpc) is 2.74. The second-order valence-electron chi connectivity index (χ2n) is 4.02. The van der Waals surface area contributed by atoms with Crippen LogP contribution >= 0.6 is 15.9 Å². The number of hydrogen-bond donors (Lipinski definition) is 0. The Bertz CT molecular complexity index is 566. The summed E-state index contributed by atoms with van der Waals surface area (Å²) in [6.45, 7) is 2.32. The van der Waals surface area contributed by atoms with Crippen molar-refractivity contribution in [2.75, 3.05) is 7.05 Å². The largest absolute Gasteiger partial charge is 0.464 e. The van der Waals surface area contributed by atoms with Crippen LogP contribution in [0, 0.1) is 6.92 Å². The van der Waals surface area contributed by atoms with Crippen LogP contribution in [0.5, 0.6) is 0 Å². The topological polar surface area (TPSA) is 46.3 Å². The molecule has 0 fully saturated rings. The molecule has 5 heteroatoms. The van der Waals surface area contributed by atoms with E-state index in [2.05, 4.69) is 20.9 Å². The number of carbonyl (C=O) groups is 1. The number of amides is 1. The summed E-state index contributed by atoms with van der Waals surface area (Å²) in [6.07, 6.45) is 1.64. The van der Waals surface area contributed by atoms with Gasteiger partial charge in [-0.15, -0.1) is 0 Å². The predicted octanol–water partition coefficient (Wildman–Crippen LogP) is 3.02. The van der Waals surface area contributed by atoms with Crippen molar-refractivity contribution in [2.24, 2.45) is 0 Å². The molecule has 0 spiro atoms. The molecule has 4 nitrogen and oxygen atoms in total. The number of aryl methyl sites for hydroxylation is 1. The van der Waals surface area contributed by atoms with E-state index in [-0.39, 0.29) is 5.91 Å². The average molecular weight is 309 g/mol. The maximum absolute atomic E-state index is 12.2. The Morgan fingerprint density at radius 1 is 1.44 bits per heavy atom. The smallest absolute Gasteiger partial charge is 0.256 e. The summed E-state index contributed by atoms with van der Waals surface area (Å²) in [6, 6.07) is 7.23. The lowest BCUT2D eigenvalue weighted by Gasteiger charge is -2.16. The van der Waals surface area contributed by atoms with Gasteiger partial charge in [-0.25, -0.2) is 4.98 Å². The number of pyridine rings is 1. The highest BCUT2D eigenvalue weighted by molar-refractivity contribution is 9.10. The minimum atomic E-state index is -0.0935. The fraction of sp³-hybridized carbons (Fsp3) is 0.231. The van der Waals surface area contributed by atoms with Gasteiger partial charge in [0.25, 0.3) is 5.91 Å². The lowest BCUT2D eigenvalue weighted by molar-refractivity contribution is 0.0773. The number of hydrogen-bond acceptors (Lipinski definition) is 3. The standard InChI is InChI=1S/C13H13BrN2O2/c1-9-5-6-10(18-9)8-16(2)13(17)11-4-3-7-15-12(11)14/h3-7H,8H2,1-2H3. The molecule has 0 unspecified atom stereocenters. The van der Waals surface area contributed by atoms with E-state index in [0.29, 0.717) is 16.7 Å². The normalized spacial score (nSPS) is 10.4. The molecule has 2 aromatic rings. The Morgan fingerprint density at radius 3 is 2.83 bits per heavy atom. The van der Waals surface area contributed by atoms with Gasteiger partial charge in [-0.05, 0) is 47.1 Å². The lowest BCUT2D eigenvalue weighted by atomic mass is 10.2. The van der Waals surface area contributed by atoms with Crippen LogP contribution in [0.25, 0.3) is 0 Å². The van der Waals surface area contributed by atoms with E-state index in [1.165, 1.54) is 0 Å². The summed E-state index contributed by atoms with van der Waals surface area (Å²) in [5.41, 5.74) is 0.545. The highest BCUT2D eigenvalue weighted by Gasteiger charge is 2.16. The molecule has 2 aromatic heterocycles. The quantitative estimate of drug-likeness (QED) is 0.819. The fourth-order valence-corrected chi connectivity index (χ4v) is 2.05. The molecule has 0 N–H and O–H groups in total. The number of carbonyl (C=O) groups excluding carboxylic acids is 1. The highest BCUT2D eigenvalue weighted by atomic mass is 79.9. The molecule has 94 valence electrons. The van der Waals surface area contributed by atoms with Crippen molar-refractivity contribution in [3.05, 3.63) is 52.1 Å². The number of aromatic nitrogens is 1. The van der Waals surface area contributed by atoms with Gasteiger partial charge in [-0.2, -0.15) is 0 Å². The summed E-state index contributed by atoms with van der Waals surface area (Å²) in [4.78, 5) is 17.8. The zero-order valence-corrected chi connectivity index (χ0v) is 11.8. The molecule has 0 aromatic carbocycles. The van der Waals surface area contributed by atoms with Crippen molar-refractivity contribution in [1.82, 2.24) is 9.88 Å². The van der Waals surface area contributed by atoms with Gasteiger partial charge in [-0.1, -0.05) is 0 Å². The highest BCUT2D eigenvalue weighted by Crippen LogP contribution is 2.16. The molecule has 2 rings (SSSR count). The summed E-state index contributed by atoms with van der Waals surface area (Å²) in [5.74, 6) is 1.51. The Kier molecular flexibility index (Phi) is 3.81. The third-order valence-corrected chi connectivity index (χ3v) is 3.16. The second kappa shape index (κ2) is 5.35. The van der Waals surface area contributed by atoms with Crippen LogP contribution in [0.2, 0.25) is 0 Å². The van der Waals surface area contributed by atoms with E-state index in [1.54, 1.807) is 30.3 Å². The minimum Gasteiger partial charge on any atom is -0.464 e. The molecule has 0 aliphatic rings. The zero-order chi connectivity index (χ0) is 13.1. The molecule has 0 radical (unpaired) electrons. The first-order valence-corrected chi connectivity index (χ1v) is 6.28. The summed E-state index contributed by atoms with van der Waals surface area (Å²) >= 11 is 3.27. The van der Waals surface area contributed by atoms with Gasteiger partial charge < -0.3 is 9.32 Å². The Morgan fingerprint density at radius 2 is 2.22 bits per heavy atom. The van der Waals surface area contributed by atoms with Gasteiger partial charge in [0.1, 0.15) is 16.1 Å². The van der Waals surface area contributed by atoms with Crippen LogP contribution in [0.4, 0.5) is 0 Å². The molecule has 0 aliphatic carbocycles. The monoisotopic (exact) mass is 308 g/mol. The molecule has 2 heterocycles. The van der Waals surface area contributed by atoms with Crippen molar-refractivity contribution < 1.29 is 9.21 Å². The third-order valence-electron chi connectivity index (χ3n) is 2.53. The van der Waals surface area contributed by atoms with Crippen LogP contribution in [0.3, 0.4) is 0 Å². The van der Waals surface area contributed by atoms with Crippen LogP contribution in [-0.2, 0) is 6.54 Å². The fourth-order valence-electron chi connectivity index (χ4n) is 1.63. The molecule has 0 atom stereocenters. The first kappa shape index (κ1) is 12.8. The van der Waals surface area contributed by atoms with Crippen LogP contribution in [0.15, 0.2) is 39.5 Å². The number of furan rings is 1. The van der Waals surface area contributed by atoms with Crippen LogP contribution < -0.4 is 0 Å². The molecule has 0 aliphatic heterocycles. The molecular weight excluding hydrogens is 296 g/mol. The molecular formula is C13H13BrN2O2.